The van der Waals surface area contributed by atoms with Crippen molar-refractivity contribution in [3.63, 3.8) is 0 Å². The Morgan fingerprint density at radius 2 is 1.90 bits per heavy atom. The van der Waals surface area contributed by atoms with Gasteiger partial charge in [-0.1, -0.05) is 40.8 Å². The second-order valence-electron chi connectivity index (χ2n) is 8.12. The van der Waals surface area contributed by atoms with Crippen molar-refractivity contribution in [3.05, 3.63) is 59.9 Å². The summed E-state index contributed by atoms with van der Waals surface area (Å²) in [6.07, 6.45) is 5.71. The minimum atomic E-state index is 0.686. The molecule has 31 heavy (non-hydrogen) atoms. The van der Waals surface area contributed by atoms with Crippen molar-refractivity contribution in [1.82, 2.24) is 30.5 Å². The second kappa shape index (κ2) is 9.53. The van der Waals surface area contributed by atoms with Gasteiger partial charge in [-0.3, -0.25) is 0 Å². The summed E-state index contributed by atoms with van der Waals surface area (Å²) >= 11 is 1.57. The van der Waals surface area contributed by atoms with Crippen LogP contribution in [0.5, 0.6) is 10.9 Å². The number of benzene rings is 2. The monoisotopic (exact) mass is 434 g/mol. The molecule has 0 spiro atoms. The molecule has 7 nitrogen and oxygen atoms in total. The fraction of sp³-hybridized carbons (Fsp3) is 0.391. The first-order chi connectivity index (χ1) is 15.3. The van der Waals surface area contributed by atoms with E-state index in [0.717, 1.165) is 60.1 Å². The van der Waals surface area contributed by atoms with Crippen molar-refractivity contribution in [2.24, 2.45) is 5.92 Å². The lowest BCUT2D eigenvalue weighted by Crippen LogP contribution is -2.29. The van der Waals surface area contributed by atoms with Crippen LogP contribution in [0.15, 0.2) is 48.5 Å². The highest BCUT2D eigenvalue weighted by Gasteiger charge is 2.24. The number of aromatic nitrogens is 5. The molecular formula is C23H26N6OS. The minimum absolute atomic E-state index is 0.686. The van der Waals surface area contributed by atoms with Crippen LogP contribution >= 0.6 is 11.3 Å². The summed E-state index contributed by atoms with van der Waals surface area (Å²) in [5.41, 5.74) is 2.31. The molecule has 4 aromatic rings. The zero-order valence-corrected chi connectivity index (χ0v) is 18.2. The highest BCUT2D eigenvalue weighted by atomic mass is 32.1. The average Bonchev–Trinajstić information content (AvgIpc) is 3.28. The van der Waals surface area contributed by atoms with E-state index in [0.29, 0.717) is 5.19 Å². The molecule has 160 valence electrons. The SMILES string of the molecule is c1ccc2sc(Oc3ccc(CCN(CCCc4nn[nH]n4)CC4CC4)cc3)nc2c1. The Morgan fingerprint density at radius 1 is 1.03 bits per heavy atom. The third-order valence-electron chi connectivity index (χ3n) is 5.60. The summed E-state index contributed by atoms with van der Waals surface area (Å²) in [5.74, 6) is 2.52. The van der Waals surface area contributed by atoms with E-state index in [1.54, 1.807) is 11.3 Å². The number of para-hydroxylation sites is 1. The lowest BCUT2D eigenvalue weighted by Gasteiger charge is -2.22. The van der Waals surface area contributed by atoms with Crippen molar-refractivity contribution < 1.29 is 4.74 Å². The molecule has 1 fully saturated rings. The first kappa shape index (κ1) is 20.1. The van der Waals surface area contributed by atoms with Crippen LogP contribution in [0.2, 0.25) is 0 Å². The fourth-order valence-corrected chi connectivity index (χ4v) is 4.55. The molecule has 0 amide bonds. The van der Waals surface area contributed by atoms with E-state index in [1.807, 2.05) is 30.3 Å². The lowest BCUT2D eigenvalue weighted by molar-refractivity contribution is 0.262. The van der Waals surface area contributed by atoms with Gasteiger partial charge in [0.05, 0.1) is 10.2 Å². The van der Waals surface area contributed by atoms with Crippen molar-refractivity contribution >= 4 is 21.6 Å². The number of tetrazole rings is 1. The third kappa shape index (κ3) is 5.65. The van der Waals surface area contributed by atoms with Crippen LogP contribution in [-0.4, -0.2) is 50.1 Å². The summed E-state index contributed by atoms with van der Waals surface area (Å²) in [6.45, 7) is 3.34. The Kier molecular flexibility index (Phi) is 6.18. The molecule has 5 rings (SSSR count). The van der Waals surface area contributed by atoms with E-state index in [1.165, 1.54) is 24.9 Å². The highest BCUT2D eigenvalue weighted by molar-refractivity contribution is 7.20. The standard InChI is InChI=1S/C23H26N6OS/c1-2-5-21-20(4-1)24-23(31-21)30-19-11-9-17(10-12-19)13-15-29(16-18-7-8-18)14-3-6-22-25-27-28-26-22/h1-2,4-5,9-12,18H,3,6-8,13-16H2,(H,25,26,27,28). The summed E-state index contributed by atoms with van der Waals surface area (Å²) in [5, 5.41) is 14.9. The summed E-state index contributed by atoms with van der Waals surface area (Å²) < 4.78 is 7.11. The van der Waals surface area contributed by atoms with Gasteiger partial charge in [0, 0.05) is 19.5 Å². The molecule has 1 saturated carbocycles. The van der Waals surface area contributed by atoms with E-state index in [-0.39, 0.29) is 0 Å². The smallest absolute Gasteiger partial charge is 0.279 e. The molecule has 0 unspecified atom stereocenters. The van der Waals surface area contributed by atoms with Crippen LogP contribution < -0.4 is 4.74 Å². The van der Waals surface area contributed by atoms with E-state index in [9.17, 15) is 0 Å². The second-order valence-corrected chi connectivity index (χ2v) is 9.11. The molecule has 1 aliphatic carbocycles. The largest absolute Gasteiger partial charge is 0.431 e. The summed E-state index contributed by atoms with van der Waals surface area (Å²) in [4.78, 5) is 7.13. The Balaban J connectivity index is 1.13. The summed E-state index contributed by atoms with van der Waals surface area (Å²) in [7, 11) is 0. The molecule has 0 bridgehead atoms. The first-order valence-electron chi connectivity index (χ1n) is 10.9. The maximum atomic E-state index is 5.97. The highest BCUT2D eigenvalue weighted by Crippen LogP contribution is 2.31. The van der Waals surface area contributed by atoms with Gasteiger partial charge < -0.3 is 9.64 Å². The molecule has 2 heterocycles. The maximum absolute atomic E-state index is 5.97. The number of H-pyrrole nitrogens is 1. The molecule has 2 aromatic heterocycles. The van der Waals surface area contributed by atoms with Gasteiger partial charge in [-0.05, 0) is 68.0 Å². The van der Waals surface area contributed by atoms with Crippen LogP contribution in [-0.2, 0) is 12.8 Å². The molecule has 8 heteroatoms. The number of fused-ring (bicyclic) bond motifs is 1. The van der Waals surface area contributed by atoms with Gasteiger partial charge in [-0.15, -0.1) is 10.2 Å². The average molecular weight is 435 g/mol. The predicted molar refractivity (Wildman–Crippen MR) is 122 cm³/mol. The van der Waals surface area contributed by atoms with Crippen molar-refractivity contribution in [2.75, 3.05) is 19.6 Å². The van der Waals surface area contributed by atoms with Crippen LogP contribution in [0.3, 0.4) is 0 Å². The van der Waals surface area contributed by atoms with Gasteiger partial charge in [0.25, 0.3) is 5.19 Å². The van der Waals surface area contributed by atoms with Gasteiger partial charge in [-0.25, -0.2) is 4.98 Å². The molecule has 0 atom stereocenters. The molecule has 0 radical (unpaired) electrons. The van der Waals surface area contributed by atoms with Crippen molar-refractivity contribution in [3.8, 4) is 10.9 Å². The molecule has 0 saturated heterocycles. The van der Waals surface area contributed by atoms with Crippen LogP contribution in [0.25, 0.3) is 10.2 Å². The van der Waals surface area contributed by atoms with E-state index >= 15 is 0 Å². The number of hydrogen-bond donors (Lipinski definition) is 1. The zero-order chi connectivity index (χ0) is 20.9. The van der Waals surface area contributed by atoms with E-state index < -0.39 is 0 Å². The van der Waals surface area contributed by atoms with Crippen LogP contribution in [0.4, 0.5) is 0 Å². The number of aryl methyl sites for hydroxylation is 1. The number of thiazole rings is 1. The van der Waals surface area contributed by atoms with Crippen molar-refractivity contribution in [1.29, 1.82) is 0 Å². The van der Waals surface area contributed by atoms with Gasteiger partial charge in [0.2, 0.25) is 0 Å². The Bertz CT molecular complexity index is 1060. The molecular weight excluding hydrogens is 408 g/mol. The quantitative estimate of drug-likeness (QED) is 0.375. The third-order valence-corrected chi connectivity index (χ3v) is 6.51. The first-order valence-corrected chi connectivity index (χ1v) is 11.7. The van der Waals surface area contributed by atoms with Gasteiger partial charge in [0.15, 0.2) is 5.82 Å². The fourth-order valence-electron chi connectivity index (χ4n) is 3.72. The Labute approximate surface area is 185 Å². The Morgan fingerprint density at radius 3 is 2.68 bits per heavy atom. The molecule has 2 aromatic carbocycles. The molecule has 1 N–H and O–H groups in total. The lowest BCUT2D eigenvalue weighted by atomic mass is 10.1. The number of aromatic amines is 1. The zero-order valence-electron chi connectivity index (χ0n) is 17.4. The van der Waals surface area contributed by atoms with Gasteiger partial charge in [0.1, 0.15) is 5.75 Å². The number of hydrogen-bond acceptors (Lipinski definition) is 7. The number of rotatable bonds is 11. The van der Waals surface area contributed by atoms with E-state index in [4.69, 9.17) is 4.74 Å². The van der Waals surface area contributed by atoms with Crippen LogP contribution in [0, 0.1) is 5.92 Å². The predicted octanol–water partition coefficient (Wildman–Crippen LogP) is 4.49. The van der Waals surface area contributed by atoms with Crippen molar-refractivity contribution in [2.45, 2.75) is 32.1 Å². The normalized spacial score (nSPS) is 13.8. The topological polar surface area (TPSA) is 79.8 Å². The molecule has 0 aliphatic heterocycles. The molecule has 1 aliphatic rings. The minimum Gasteiger partial charge on any atom is -0.431 e. The van der Waals surface area contributed by atoms with Gasteiger partial charge in [-0.2, -0.15) is 5.21 Å². The number of nitrogens with zero attached hydrogens (tertiary/aromatic N) is 5. The maximum Gasteiger partial charge on any atom is 0.279 e. The Hall–Kier alpha value is -2.84. The number of nitrogens with one attached hydrogen (secondary N) is 1. The number of ether oxygens (including phenoxy) is 1. The van der Waals surface area contributed by atoms with Gasteiger partial charge >= 0.3 is 0 Å². The summed E-state index contributed by atoms with van der Waals surface area (Å²) in [6, 6.07) is 16.5. The van der Waals surface area contributed by atoms with E-state index in [2.05, 4.69) is 48.7 Å². The van der Waals surface area contributed by atoms with Crippen LogP contribution in [0.1, 0.15) is 30.7 Å².